The van der Waals surface area contributed by atoms with Crippen LogP contribution in [0.5, 0.6) is 28.7 Å². The summed E-state index contributed by atoms with van der Waals surface area (Å²) in [6.07, 6.45) is 0. The van der Waals surface area contributed by atoms with Crippen molar-refractivity contribution in [1.82, 2.24) is 20.6 Å². The zero-order valence-corrected chi connectivity index (χ0v) is 16.1. The van der Waals surface area contributed by atoms with Gasteiger partial charge in [-0.05, 0) is 29.5 Å². The molecule has 0 aliphatic rings. The molecule has 4 aromatic rings. The van der Waals surface area contributed by atoms with E-state index in [4.69, 9.17) is 18.6 Å². The molecule has 0 aliphatic heterocycles. The van der Waals surface area contributed by atoms with Crippen LogP contribution in [0.4, 0.5) is 0 Å². The Kier molecular flexibility index (Phi) is 4.62. The average Bonchev–Trinajstić information content (AvgIpc) is 3.42. The van der Waals surface area contributed by atoms with Gasteiger partial charge in [0.1, 0.15) is 0 Å². The molecule has 0 fully saturated rings. The van der Waals surface area contributed by atoms with Gasteiger partial charge in [0.15, 0.2) is 34.4 Å². The molecule has 0 bridgehead atoms. The Bertz CT molecular complexity index is 1220. The Hall–Kier alpha value is -4.28. The third-order valence-corrected chi connectivity index (χ3v) is 4.51. The lowest BCUT2D eigenvalue weighted by Gasteiger charge is -2.13. The molecule has 0 spiro atoms. The maximum atomic E-state index is 13.5. The monoisotopic (exact) mass is 412 g/mol. The lowest BCUT2D eigenvalue weighted by molar-refractivity contribution is 0.103. The van der Waals surface area contributed by atoms with Crippen LogP contribution in [0.25, 0.3) is 22.6 Å². The zero-order chi connectivity index (χ0) is 21.4. The second kappa shape index (κ2) is 7.28. The molecule has 30 heavy (non-hydrogen) atoms. The van der Waals surface area contributed by atoms with Crippen molar-refractivity contribution < 1.29 is 33.6 Å². The maximum absolute atomic E-state index is 13.5. The number of ether oxygens (including phenoxy) is 3. The third kappa shape index (κ3) is 2.83. The lowest BCUT2D eigenvalue weighted by atomic mass is 9.98. The summed E-state index contributed by atoms with van der Waals surface area (Å²) >= 11 is 0. The van der Waals surface area contributed by atoms with E-state index in [9.17, 15) is 15.0 Å². The van der Waals surface area contributed by atoms with E-state index in [0.717, 1.165) is 0 Å². The zero-order valence-electron chi connectivity index (χ0n) is 16.1. The molecule has 2 heterocycles. The van der Waals surface area contributed by atoms with E-state index in [0.29, 0.717) is 5.75 Å². The molecule has 2 aromatic heterocycles. The summed E-state index contributed by atoms with van der Waals surface area (Å²) in [7, 11) is 4.32. The second-order valence-corrected chi connectivity index (χ2v) is 6.09. The Morgan fingerprint density at radius 3 is 2.33 bits per heavy atom. The summed E-state index contributed by atoms with van der Waals surface area (Å²) in [5.41, 5.74) is 0.172. The number of nitrogens with zero attached hydrogens (tertiary/aromatic N) is 3. The molecular formula is C19H16N4O7. The number of hydrogen-bond donors (Lipinski definition) is 3. The summed E-state index contributed by atoms with van der Waals surface area (Å²) in [6, 6.07) is 5.67. The minimum Gasteiger partial charge on any atom is -0.504 e. The maximum Gasteiger partial charge on any atom is 0.240 e. The molecule has 0 unspecified atom stereocenters. The van der Waals surface area contributed by atoms with Crippen molar-refractivity contribution in [2.75, 3.05) is 21.3 Å². The van der Waals surface area contributed by atoms with Gasteiger partial charge >= 0.3 is 0 Å². The number of carbonyl (C=O) groups is 1. The quantitative estimate of drug-likeness (QED) is 0.317. The normalized spacial score (nSPS) is 10.9. The van der Waals surface area contributed by atoms with Crippen LogP contribution in [0.3, 0.4) is 0 Å². The van der Waals surface area contributed by atoms with Crippen molar-refractivity contribution in [3.63, 3.8) is 0 Å². The van der Waals surface area contributed by atoms with E-state index in [1.165, 1.54) is 45.6 Å². The molecular weight excluding hydrogens is 396 g/mol. The minimum atomic E-state index is -0.513. The SMILES string of the molecule is COc1cc(C(=O)c2c(-c3nn[nH]n3)oc3c(O)c(O)ccc23)cc(OC)c1OC. The number of nitrogens with one attached hydrogen (secondary N) is 1. The highest BCUT2D eigenvalue weighted by Gasteiger charge is 2.29. The predicted octanol–water partition coefficient (Wildman–Crippen LogP) is 2.28. The number of methoxy groups -OCH3 is 3. The molecule has 0 radical (unpaired) electrons. The van der Waals surface area contributed by atoms with E-state index < -0.39 is 17.3 Å². The van der Waals surface area contributed by atoms with E-state index in [-0.39, 0.29) is 45.2 Å². The second-order valence-electron chi connectivity index (χ2n) is 6.09. The summed E-state index contributed by atoms with van der Waals surface area (Å²) in [4.78, 5) is 13.5. The van der Waals surface area contributed by atoms with Crippen molar-refractivity contribution in [2.24, 2.45) is 0 Å². The molecule has 2 aromatic carbocycles. The molecule has 11 nitrogen and oxygen atoms in total. The number of phenolic OH excluding ortho intramolecular Hbond substituents is 2. The number of aromatic amines is 1. The molecule has 11 heteroatoms. The number of aromatic nitrogens is 4. The molecule has 0 saturated heterocycles. The first kappa shape index (κ1) is 19.1. The van der Waals surface area contributed by atoms with Gasteiger partial charge in [0, 0.05) is 10.9 Å². The van der Waals surface area contributed by atoms with Crippen LogP contribution < -0.4 is 14.2 Å². The fraction of sp³-hybridized carbons (Fsp3) is 0.158. The Morgan fingerprint density at radius 2 is 1.77 bits per heavy atom. The minimum absolute atomic E-state index is 0.000816. The Morgan fingerprint density at radius 1 is 1.07 bits per heavy atom. The van der Waals surface area contributed by atoms with Crippen molar-refractivity contribution in [3.8, 4) is 40.3 Å². The summed E-state index contributed by atoms with van der Waals surface area (Å²) in [5.74, 6) is -0.528. The van der Waals surface area contributed by atoms with Gasteiger partial charge in [-0.15, -0.1) is 10.2 Å². The highest BCUT2D eigenvalue weighted by molar-refractivity contribution is 6.20. The lowest BCUT2D eigenvalue weighted by Crippen LogP contribution is -2.05. The number of rotatable bonds is 6. The fourth-order valence-corrected chi connectivity index (χ4v) is 3.13. The highest BCUT2D eigenvalue weighted by atomic mass is 16.5. The Balaban J connectivity index is 1.98. The first-order chi connectivity index (χ1) is 14.5. The number of phenols is 2. The first-order valence-corrected chi connectivity index (χ1v) is 8.56. The number of fused-ring (bicyclic) bond motifs is 1. The van der Waals surface area contributed by atoms with Gasteiger partial charge in [0.05, 0.1) is 26.9 Å². The summed E-state index contributed by atoms with van der Waals surface area (Å²) in [6.45, 7) is 0. The van der Waals surface area contributed by atoms with Crippen LogP contribution in [-0.4, -0.2) is 57.9 Å². The number of aromatic hydroxyl groups is 2. The van der Waals surface area contributed by atoms with Gasteiger partial charge in [-0.3, -0.25) is 4.79 Å². The van der Waals surface area contributed by atoms with Gasteiger partial charge in [-0.25, -0.2) is 0 Å². The van der Waals surface area contributed by atoms with E-state index in [2.05, 4.69) is 20.6 Å². The molecule has 154 valence electrons. The van der Waals surface area contributed by atoms with Crippen LogP contribution in [-0.2, 0) is 0 Å². The first-order valence-electron chi connectivity index (χ1n) is 8.56. The number of carbonyl (C=O) groups excluding carboxylic acids is 1. The topological polar surface area (TPSA) is 153 Å². The van der Waals surface area contributed by atoms with Crippen LogP contribution >= 0.6 is 0 Å². The number of tetrazole rings is 1. The number of furan rings is 1. The van der Waals surface area contributed by atoms with Crippen LogP contribution in [0, 0.1) is 0 Å². The third-order valence-electron chi connectivity index (χ3n) is 4.51. The number of H-pyrrole nitrogens is 1. The van der Waals surface area contributed by atoms with Crippen LogP contribution in [0.1, 0.15) is 15.9 Å². The van der Waals surface area contributed by atoms with Gasteiger partial charge in [0.2, 0.25) is 17.3 Å². The molecule has 4 rings (SSSR count). The molecule has 3 N–H and O–H groups in total. The number of hydrogen-bond acceptors (Lipinski definition) is 10. The van der Waals surface area contributed by atoms with E-state index in [1.54, 1.807) is 0 Å². The molecule has 0 saturated carbocycles. The van der Waals surface area contributed by atoms with E-state index in [1.807, 2.05) is 0 Å². The fourth-order valence-electron chi connectivity index (χ4n) is 3.13. The van der Waals surface area contributed by atoms with Gasteiger partial charge in [0.25, 0.3) is 0 Å². The van der Waals surface area contributed by atoms with Gasteiger partial charge in [-0.2, -0.15) is 5.21 Å². The van der Waals surface area contributed by atoms with E-state index >= 15 is 0 Å². The van der Waals surface area contributed by atoms with Crippen molar-refractivity contribution in [3.05, 3.63) is 35.4 Å². The average molecular weight is 412 g/mol. The predicted molar refractivity (Wildman–Crippen MR) is 102 cm³/mol. The van der Waals surface area contributed by atoms with Crippen LogP contribution in [0.2, 0.25) is 0 Å². The molecule has 0 aliphatic carbocycles. The highest BCUT2D eigenvalue weighted by Crippen LogP contribution is 2.43. The van der Waals surface area contributed by atoms with Crippen molar-refractivity contribution in [2.45, 2.75) is 0 Å². The van der Waals surface area contributed by atoms with Gasteiger partial charge < -0.3 is 28.8 Å². The van der Waals surface area contributed by atoms with Crippen molar-refractivity contribution >= 4 is 16.8 Å². The standard InChI is InChI=1S/C19H16N4O7/c1-27-11-6-8(7-12(28-2)17(11)29-3)14(25)13-9-4-5-10(24)15(26)16(9)30-18(13)19-20-22-23-21-19/h4-7,24,26H,1-3H3,(H,20,21,22,23). The number of ketones is 1. The summed E-state index contributed by atoms with van der Waals surface area (Å²) < 4.78 is 21.6. The number of benzene rings is 2. The molecule has 0 atom stereocenters. The van der Waals surface area contributed by atoms with Crippen molar-refractivity contribution in [1.29, 1.82) is 0 Å². The smallest absolute Gasteiger partial charge is 0.240 e. The van der Waals surface area contributed by atoms with Gasteiger partial charge in [-0.1, -0.05) is 0 Å². The molecule has 0 amide bonds. The Labute approximate surface area is 168 Å². The largest absolute Gasteiger partial charge is 0.504 e. The van der Waals surface area contributed by atoms with Crippen LogP contribution in [0.15, 0.2) is 28.7 Å². The summed E-state index contributed by atoms with van der Waals surface area (Å²) in [5, 5.41) is 33.7.